The van der Waals surface area contributed by atoms with Crippen molar-refractivity contribution in [2.45, 2.75) is 40.0 Å². The third-order valence-electron chi connectivity index (χ3n) is 4.54. The lowest BCUT2D eigenvalue weighted by Crippen LogP contribution is -2.27. The fourth-order valence-corrected chi connectivity index (χ4v) is 4.00. The molecule has 25 heavy (non-hydrogen) atoms. The van der Waals surface area contributed by atoms with Crippen LogP contribution < -0.4 is 4.90 Å². The molecule has 0 saturated carbocycles. The van der Waals surface area contributed by atoms with E-state index >= 15 is 0 Å². The van der Waals surface area contributed by atoms with E-state index in [9.17, 15) is 0 Å². The number of pyridine rings is 1. The molecule has 0 spiro atoms. The zero-order valence-corrected chi connectivity index (χ0v) is 16.4. The van der Waals surface area contributed by atoms with E-state index in [2.05, 4.69) is 68.1 Å². The number of hydrogen-bond acceptors (Lipinski definition) is 3. The van der Waals surface area contributed by atoms with Gasteiger partial charge in [-0.15, -0.1) is 11.3 Å². The molecular weight excluding hydrogens is 324 g/mol. The van der Waals surface area contributed by atoms with Gasteiger partial charge in [-0.2, -0.15) is 0 Å². The number of aromatic nitrogens is 1. The van der Waals surface area contributed by atoms with Gasteiger partial charge in [-0.1, -0.05) is 45.4 Å². The van der Waals surface area contributed by atoms with Gasteiger partial charge in [0.15, 0.2) is 0 Å². The van der Waals surface area contributed by atoms with E-state index in [-0.39, 0.29) is 0 Å². The van der Waals surface area contributed by atoms with Crippen molar-refractivity contribution in [2.24, 2.45) is 5.92 Å². The van der Waals surface area contributed by atoms with E-state index < -0.39 is 0 Å². The molecule has 3 heteroatoms. The van der Waals surface area contributed by atoms with E-state index in [0.29, 0.717) is 0 Å². The Hall–Kier alpha value is -1.87. The van der Waals surface area contributed by atoms with Gasteiger partial charge in [-0.3, -0.25) is 0 Å². The van der Waals surface area contributed by atoms with Crippen LogP contribution in [0.3, 0.4) is 0 Å². The lowest BCUT2D eigenvalue weighted by molar-refractivity contribution is 0.564. The molecule has 0 radical (unpaired) electrons. The minimum atomic E-state index is 0.724. The standard InChI is InChI=1S/C22H28N2S/c1-4-5-13-24(14-12-17(2)3)22-11-10-19(16-23-22)21-15-18-8-6-7-9-20(18)25-21/h6-11,15-17H,4-5,12-14H2,1-3H3. The maximum absolute atomic E-state index is 4.79. The Morgan fingerprint density at radius 2 is 1.92 bits per heavy atom. The van der Waals surface area contributed by atoms with Crippen LogP contribution >= 0.6 is 11.3 Å². The van der Waals surface area contributed by atoms with Crippen LogP contribution in [0.4, 0.5) is 5.82 Å². The highest BCUT2D eigenvalue weighted by Crippen LogP contribution is 2.33. The smallest absolute Gasteiger partial charge is 0.128 e. The molecule has 0 amide bonds. The van der Waals surface area contributed by atoms with Crippen LogP contribution in [0.1, 0.15) is 40.0 Å². The third kappa shape index (κ3) is 4.60. The van der Waals surface area contributed by atoms with Gasteiger partial charge in [0.1, 0.15) is 5.82 Å². The summed E-state index contributed by atoms with van der Waals surface area (Å²) < 4.78 is 1.34. The summed E-state index contributed by atoms with van der Waals surface area (Å²) in [6.45, 7) is 9.01. The van der Waals surface area contributed by atoms with Gasteiger partial charge in [-0.05, 0) is 48.4 Å². The average Bonchev–Trinajstić information content (AvgIpc) is 3.06. The number of rotatable bonds is 8. The molecule has 0 aliphatic rings. The molecule has 0 aliphatic heterocycles. The lowest BCUT2D eigenvalue weighted by atomic mass is 10.1. The summed E-state index contributed by atoms with van der Waals surface area (Å²) in [6.07, 6.45) is 5.69. The summed E-state index contributed by atoms with van der Waals surface area (Å²) >= 11 is 1.84. The molecule has 0 N–H and O–H groups in total. The van der Waals surface area contributed by atoms with Gasteiger partial charge in [0, 0.05) is 34.4 Å². The lowest BCUT2D eigenvalue weighted by Gasteiger charge is -2.24. The molecule has 3 rings (SSSR count). The van der Waals surface area contributed by atoms with Crippen molar-refractivity contribution in [3.63, 3.8) is 0 Å². The van der Waals surface area contributed by atoms with Crippen LogP contribution in [0.15, 0.2) is 48.7 Å². The van der Waals surface area contributed by atoms with E-state index in [1.807, 2.05) is 17.5 Å². The fourth-order valence-electron chi connectivity index (χ4n) is 2.95. The molecule has 0 atom stereocenters. The van der Waals surface area contributed by atoms with Crippen molar-refractivity contribution in [2.75, 3.05) is 18.0 Å². The number of fused-ring (bicyclic) bond motifs is 1. The van der Waals surface area contributed by atoms with Gasteiger partial charge >= 0.3 is 0 Å². The number of unbranched alkanes of at least 4 members (excludes halogenated alkanes) is 1. The quantitative estimate of drug-likeness (QED) is 0.453. The van der Waals surface area contributed by atoms with Crippen LogP contribution in [0.5, 0.6) is 0 Å². The van der Waals surface area contributed by atoms with Crippen molar-refractivity contribution >= 4 is 27.2 Å². The molecule has 2 aromatic heterocycles. The summed E-state index contributed by atoms with van der Waals surface area (Å²) in [4.78, 5) is 8.53. The maximum Gasteiger partial charge on any atom is 0.128 e. The van der Waals surface area contributed by atoms with Crippen LogP contribution in [0, 0.1) is 5.92 Å². The molecule has 0 fully saturated rings. The molecular formula is C22H28N2S. The topological polar surface area (TPSA) is 16.1 Å². The van der Waals surface area contributed by atoms with Crippen molar-refractivity contribution in [1.82, 2.24) is 4.98 Å². The third-order valence-corrected chi connectivity index (χ3v) is 5.71. The molecule has 0 unspecified atom stereocenters. The van der Waals surface area contributed by atoms with Crippen molar-refractivity contribution < 1.29 is 0 Å². The Balaban J connectivity index is 1.78. The first-order chi connectivity index (χ1) is 12.2. The van der Waals surface area contributed by atoms with Crippen LogP contribution in [0.25, 0.3) is 20.5 Å². The molecule has 0 saturated heterocycles. The van der Waals surface area contributed by atoms with Crippen LogP contribution in [-0.4, -0.2) is 18.1 Å². The highest BCUT2D eigenvalue weighted by Gasteiger charge is 2.10. The first-order valence-electron chi connectivity index (χ1n) is 9.37. The van der Waals surface area contributed by atoms with Gasteiger partial charge in [0.05, 0.1) is 0 Å². The van der Waals surface area contributed by atoms with Crippen molar-refractivity contribution in [3.8, 4) is 10.4 Å². The summed E-state index contributed by atoms with van der Waals surface area (Å²) in [5, 5.41) is 1.31. The van der Waals surface area contributed by atoms with Crippen LogP contribution in [-0.2, 0) is 0 Å². The van der Waals surface area contributed by atoms with E-state index in [4.69, 9.17) is 4.98 Å². The van der Waals surface area contributed by atoms with Gasteiger partial charge in [-0.25, -0.2) is 4.98 Å². The Kier molecular flexibility index (Phi) is 6.09. The number of benzene rings is 1. The van der Waals surface area contributed by atoms with Crippen molar-refractivity contribution in [1.29, 1.82) is 0 Å². The second-order valence-electron chi connectivity index (χ2n) is 7.08. The van der Waals surface area contributed by atoms with Gasteiger partial charge in [0.25, 0.3) is 0 Å². The Bertz CT molecular complexity index is 756. The normalized spacial score (nSPS) is 11.4. The Labute approximate surface area is 155 Å². The molecule has 1 aromatic carbocycles. The average molecular weight is 353 g/mol. The molecule has 2 heterocycles. The second-order valence-corrected chi connectivity index (χ2v) is 8.16. The largest absolute Gasteiger partial charge is 0.357 e. The Morgan fingerprint density at radius 3 is 2.60 bits per heavy atom. The zero-order chi connectivity index (χ0) is 17.6. The van der Waals surface area contributed by atoms with E-state index in [0.717, 1.165) is 24.8 Å². The fraction of sp³-hybridized carbons (Fsp3) is 0.409. The molecule has 2 nitrogen and oxygen atoms in total. The molecule has 0 bridgehead atoms. The van der Waals surface area contributed by atoms with E-state index in [1.54, 1.807) is 0 Å². The minimum Gasteiger partial charge on any atom is -0.357 e. The Morgan fingerprint density at radius 1 is 1.08 bits per heavy atom. The van der Waals surface area contributed by atoms with Crippen molar-refractivity contribution in [3.05, 3.63) is 48.7 Å². The second kappa shape index (κ2) is 8.48. The van der Waals surface area contributed by atoms with Crippen LogP contribution in [0.2, 0.25) is 0 Å². The predicted molar refractivity (Wildman–Crippen MR) is 112 cm³/mol. The number of thiophene rings is 1. The van der Waals surface area contributed by atoms with E-state index in [1.165, 1.54) is 39.8 Å². The minimum absolute atomic E-state index is 0.724. The molecule has 0 aliphatic carbocycles. The maximum atomic E-state index is 4.79. The molecule has 3 aromatic rings. The number of anilines is 1. The first kappa shape index (κ1) is 17.9. The number of nitrogens with zero attached hydrogens (tertiary/aromatic N) is 2. The summed E-state index contributed by atoms with van der Waals surface area (Å²) in [6, 6.07) is 15.2. The van der Waals surface area contributed by atoms with Gasteiger partial charge < -0.3 is 4.90 Å². The zero-order valence-electron chi connectivity index (χ0n) is 15.5. The highest BCUT2D eigenvalue weighted by atomic mass is 32.1. The monoisotopic (exact) mass is 352 g/mol. The van der Waals surface area contributed by atoms with Gasteiger partial charge in [0.2, 0.25) is 0 Å². The summed E-state index contributed by atoms with van der Waals surface area (Å²) in [5.41, 5.74) is 1.21. The summed E-state index contributed by atoms with van der Waals surface area (Å²) in [7, 11) is 0. The summed E-state index contributed by atoms with van der Waals surface area (Å²) in [5.74, 6) is 1.83. The molecule has 132 valence electrons. The first-order valence-corrected chi connectivity index (χ1v) is 10.2. The SMILES string of the molecule is CCCCN(CCC(C)C)c1ccc(-c2cc3ccccc3s2)cn1. The number of hydrogen-bond donors (Lipinski definition) is 0. The predicted octanol–water partition coefficient (Wildman–Crippen LogP) is 6.62. The highest BCUT2D eigenvalue weighted by molar-refractivity contribution is 7.22.